The summed E-state index contributed by atoms with van der Waals surface area (Å²) in [6.45, 7) is 1.83. The van der Waals surface area contributed by atoms with E-state index in [1.165, 1.54) is 32.1 Å². The van der Waals surface area contributed by atoms with Crippen molar-refractivity contribution in [1.82, 2.24) is 5.32 Å². The molecule has 1 aliphatic carbocycles. The van der Waals surface area contributed by atoms with Crippen LogP contribution >= 0.6 is 0 Å². The first-order chi connectivity index (χ1) is 5.83. The van der Waals surface area contributed by atoms with Crippen molar-refractivity contribution in [2.75, 3.05) is 0 Å². The maximum absolute atomic E-state index is 8.51. The number of nitriles is 1. The van der Waals surface area contributed by atoms with Crippen LogP contribution in [0.4, 0.5) is 0 Å². The van der Waals surface area contributed by atoms with E-state index >= 15 is 0 Å². The molecule has 0 aromatic rings. The molecule has 0 radical (unpaired) electrons. The highest BCUT2D eigenvalue weighted by molar-refractivity contribution is 5.16. The number of nitrogens with one attached hydrogen (secondary N) is 1. The second kappa shape index (κ2) is 4.82. The molecule has 0 heterocycles. The predicted molar refractivity (Wildman–Crippen MR) is 49.4 cm³/mol. The van der Waals surface area contributed by atoms with Gasteiger partial charge in [-0.1, -0.05) is 19.3 Å². The Morgan fingerprint density at radius 3 is 2.67 bits per heavy atom. The minimum atomic E-state index is 0.613. The fraction of sp³-hybridized carbons (Fsp3) is 0.700. The van der Waals surface area contributed by atoms with E-state index in [9.17, 15) is 0 Å². The van der Waals surface area contributed by atoms with Crippen LogP contribution in [0.1, 0.15) is 39.0 Å². The summed E-state index contributed by atoms with van der Waals surface area (Å²) in [5.41, 5.74) is 0.764. The summed E-state index contributed by atoms with van der Waals surface area (Å²) in [7, 11) is 0. The second-order valence-electron chi connectivity index (χ2n) is 3.44. The van der Waals surface area contributed by atoms with Crippen molar-refractivity contribution < 1.29 is 0 Å². The highest BCUT2D eigenvalue weighted by atomic mass is 14.9. The van der Waals surface area contributed by atoms with Gasteiger partial charge in [0.15, 0.2) is 0 Å². The Balaban J connectivity index is 2.26. The van der Waals surface area contributed by atoms with Crippen LogP contribution < -0.4 is 5.32 Å². The molecule has 0 spiro atoms. The molecule has 0 bridgehead atoms. The van der Waals surface area contributed by atoms with E-state index < -0.39 is 0 Å². The Hall–Kier alpha value is -0.970. The maximum atomic E-state index is 8.51. The Kier molecular flexibility index (Phi) is 3.66. The van der Waals surface area contributed by atoms with Gasteiger partial charge in [0, 0.05) is 17.8 Å². The molecule has 2 heteroatoms. The normalized spacial score (nSPS) is 20.2. The van der Waals surface area contributed by atoms with Gasteiger partial charge in [-0.2, -0.15) is 5.26 Å². The molecule has 1 aliphatic rings. The summed E-state index contributed by atoms with van der Waals surface area (Å²) in [5, 5.41) is 11.8. The molecule has 12 heavy (non-hydrogen) atoms. The van der Waals surface area contributed by atoms with Gasteiger partial charge in [-0.3, -0.25) is 0 Å². The quantitative estimate of drug-likeness (QED) is 0.636. The molecule has 1 N–H and O–H groups in total. The zero-order valence-electron chi connectivity index (χ0n) is 7.64. The van der Waals surface area contributed by atoms with Gasteiger partial charge in [0.05, 0.1) is 6.07 Å². The van der Waals surface area contributed by atoms with Crippen molar-refractivity contribution in [1.29, 1.82) is 5.26 Å². The number of nitrogens with zero attached hydrogens (tertiary/aromatic N) is 1. The van der Waals surface area contributed by atoms with Crippen molar-refractivity contribution in [2.45, 2.75) is 45.1 Å². The third kappa shape index (κ3) is 2.96. The molecule has 0 unspecified atom stereocenters. The summed E-state index contributed by atoms with van der Waals surface area (Å²) in [6, 6.07) is 2.72. The van der Waals surface area contributed by atoms with Gasteiger partial charge in [0.25, 0.3) is 0 Å². The monoisotopic (exact) mass is 164 g/mol. The summed E-state index contributed by atoms with van der Waals surface area (Å²) in [5.74, 6) is 0. The summed E-state index contributed by atoms with van der Waals surface area (Å²) >= 11 is 0. The van der Waals surface area contributed by atoms with Crippen LogP contribution in [0.5, 0.6) is 0 Å². The zero-order valence-corrected chi connectivity index (χ0v) is 7.64. The Morgan fingerprint density at radius 2 is 2.08 bits per heavy atom. The van der Waals surface area contributed by atoms with Gasteiger partial charge in [-0.05, 0) is 19.8 Å². The van der Waals surface area contributed by atoms with Crippen molar-refractivity contribution in [2.24, 2.45) is 0 Å². The lowest BCUT2D eigenvalue weighted by Crippen LogP contribution is -2.26. The zero-order chi connectivity index (χ0) is 8.81. The SMILES string of the molecule is CC(C#N)=CNC1CCCCC1. The summed E-state index contributed by atoms with van der Waals surface area (Å²) < 4.78 is 0. The van der Waals surface area contributed by atoms with Gasteiger partial charge >= 0.3 is 0 Å². The molecule has 0 amide bonds. The van der Waals surface area contributed by atoms with Crippen molar-refractivity contribution in [3.63, 3.8) is 0 Å². The van der Waals surface area contributed by atoms with Crippen LogP contribution in [0.3, 0.4) is 0 Å². The lowest BCUT2D eigenvalue weighted by Gasteiger charge is -2.21. The van der Waals surface area contributed by atoms with Crippen LogP contribution in [0.15, 0.2) is 11.8 Å². The average Bonchev–Trinajstić information content (AvgIpc) is 2.16. The molecule has 2 nitrogen and oxygen atoms in total. The Bertz CT molecular complexity index is 194. The van der Waals surface area contributed by atoms with Crippen LogP contribution in [0.2, 0.25) is 0 Å². The van der Waals surface area contributed by atoms with E-state index in [0.717, 1.165) is 5.57 Å². The number of hydrogen-bond donors (Lipinski definition) is 1. The van der Waals surface area contributed by atoms with Gasteiger partial charge in [-0.25, -0.2) is 0 Å². The van der Waals surface area contributed by atoms with E-state index in [0.29, 0.717) is 6.04 Å². The Morgan fingerprint density at radius 1 is 1.42 bits per heavy atom. The minimum Gasteiger partial charge on any atom is -0.387 e. The van der Waals surface area contributed by atoms with Crippen LogP contribution in [0, 0.1) is 11.3 Å². The van der Waals surface area contributed by atoms with Gasteiger partial charge in [-0.15, -0.1) is 0 Å². The third-order valence-electron chi connectivity index (χ3n) is 2.32. The largest absolute Gasteiger partial charge is 0.387 e. The fourth-order valence-corrected chi connectivity index (χ4v) is 1.54. The minimum absolute atomic E-state index is 0.613. The first-order valence-corrected chi connectivity index (χ1v) is 4.66. The van der Waals surface area contributed by atoms with Crippen LogP contribution in [-0.2, 0) is 0 Å². The van der Waals surface area contributed by atoms with Crippen molar-refractivity contribution in [3.8, 4) is 6.07 Å². The topological polar surface area (TPSA) is 35.8 Å². The molecule has 1 saturated carbocycles. The lowest BCUT2D eigenvalue weighted by atomic mass is 9.96. The molecule has 1 rings (SSSR count). The van der Waals surface area contributed by atoms with E-state index in [-0.39, 0.29) is 0 Å². The standard InChI is InChI=1S/C10H16N2/c1-9(7-11)8-12-10-5-3-2-4-6-10/h8,10,12H,2-6H2,1H3. The van der Waals surface area contributed by atoms with Crippen molar-refractivity contribution >= 4 is 0 Å². The first-order valence-electron chi connectivity index (χ1n) is 4.66. The van der Waals surface area contributed by atoms with Crippen molar-refractivity contribution in [3.05, 3.63) is 11.8 Å². The second-order valence-corrected chi connectivity index (χ2v) is 3.44. The van der Waals surface area contributed by atoms with Gasteiger partial charge < -0.3 is 5.32 Å². The highest BCUT2D eigenvalue weighted by Gasteiger charge is 2.10. The van der Waals surface area contributed by atoms with Crippen LogP contribution in [0.25, 0.3) is 0 Å². The van der Waals surface area contributed by atoms with Gasteiger partial charge in [0.1, 0.15) is 0 Å². The van der Waals surface area contributed by atoms with Gasteiger partial charge in [0.2, 0.25) is 0 Å². The molecule has 0 aromatic carbocycles. The third-order valence-corrected chi connectivity index (χ3v) is 2.32. The summed E-state index contributed by atoms with van der Waals surface area (Å²) in [4.78, 5) is 0. The fourth-order valence-electron chi connectivity index (χ4n) is 1.54. The molecule has 1 fully saturated rings. The number of allylic oxidation sites excluding steroid dienone is 1. The maximum Gasteiger partial charge on any atom is 0.0959 e. The average molecular weight is 164 g/mol. The summed E-state index contributed by atoms with van der Waals surface area (Å²) in [6.07, 6.45) is 8.40. The first kappa shape index (κ1) is 9.12. The molecule has 0 aliphatic heterocycles. The molecule has 0 aromatic heterocycles. The van der Waals surface area contributed by atoms with E-state index in [4.69, 9.17) is 5.26 Å². The predicted octanol–water partition coefficient (Wildman–Crippen LogP) is 2.34. The molecular formula is C10H16N2. The van der Waals surface area contributed by atoms with E-state index in [1.807, 2.05) is 13.1 Å². The van der Waals surface area contributed by atoms with Crippen LogP contribution in [-0.4, -0.2) is 6.04 Å². The lowest BCUT2D eigenvalue weighted by molar-refractivity contribution is 0.404. The number of rotatable bonds is 2. The molecular weight excluding hydrogens is 148 g/mol. The number of hydrogen-bond acceptors (Lipinski definition) is 2. The Labute approximate surface area is 74.3 Å². The molecule has 0 saturated heterocycles. The molecule has 66 valence electrons. The highest BCUT2D eigenvalue weighted by Crippen LogP contribution is 2.17. The van der Waals surface area contributed by atoms with E-state index in [2.05, 4.69) is 11.4 Å². The smallest absolute Gasteiger partial charge is 0.0959 e. The molecule has 0 atom stereocenters. The van der Waals surface area contributed by atoms with E-state index in [1.54, 1.807) is 0 Å².